The zero-order valence-corrected chi connectivity index (χ0v) is 28.5. The van der Waals surface area contributed by atoms with Crippen LogP contribution in [0.1, 0.15) is 39.0 Å². The average molecular weight is 741 g/mol. The van der Waals surface area contributed by atoms with E-state index in [1.807, 2.05) is 42.5 Å². The van der Waals surface area contributed by atoms with Crippen LogP contribution in [0, 0.1) is 0 Å². The molecule has 5 rings (SSSR count). The summed E-state index contributed by atoms with van der Waals surface area (Å²) in [5, 5.41) is 16.7. The maximum absolute atomic E-state index is 13.4. The molecular weight excluding hydrogens is 709 g/mol. The Bertz CT molecular complexity index is 1800. The van der Waals surface area contributed by atoms with E-state index in [1.54, 1.807) is 24.3 Å². The first-order chi connectivity index (χ1) is 22.7. The lowest BCUT2D eigenvalue weighted by Crippen LogP contribution is -2.33. The number of nitrogens with zero attached hydrogens (tertiary/aromatic N) is 1. The van der Waals surface area contributed by atoms with Gasteiger partial charge in [-0.05, 0) is 77.6 Å². The Morgan fingerprint density at radius 2 is 1.89 bits per heavy atom. The minimum atomic E-state index is -1.10. The van der Waals surface area contributed by atoms with Crippen LogP contribution in [0.15, 0.2) is 77.3 Å². The van der Waals surface area contributed by atoms with Gasteiger partial charge in [0.15, 0.2) is 0 Å². The molecule has 0 radical (unpaired) electrons. The van der Waals surface area contributed by atoms with E-state index >= 15 is 0 Å². The molecule has 1 amide bonds. The third-order valence-electron chi connectivity index (χ3n) is 7.47. The van der Waals surface area contributed by atoms with Crippen molar-refractivity contribution in [1.82, 2.24) is 4.98 Å². The number of amides is 1. The summed E-state index contributed by atoms with van der Waals surface area (Å²) >= 11 is 15.9. The van der Waals surface area contributed by atoms with Gasteiger partial charge in [0.25, 0.3) is 0 Å². The number of halogens is 3. The van der Waals surface area contributed by atoms with E-state index in [0.29, 0.717) is 47.0 Å². The SMILES string of the molecule is COc1cc(C(=O)O)cc(NCC2CCO2)c1NC(=O)Cc1ccc(Br)cc1C/C=C/c1cc(Cl)ccc1COc1cccc(Cl)n1. The molecule has 1 saturated heterocycles. The van der Waals surface area contributed by atoms with Gasteiger partial charge in [-0.1, -0.05) is 69.5 Å². The van der Waals surface area contributed by atoms with E-state index < -0.39 is 5.97 Å². The van der Waals surface area contributed by atoms with Crippen LogP contribution >= 0.6 is 39.1 Å². The number of carbonyl (C=O) groups excluding carboxylic acids is 1. The molecule has 1 atom stereocenters. The Balaban J connectivity index is 1.31. The number of hydrogen-bond acceptors (Lipinski definition) is 7. The van der Waals surface area contributed by atoms with Crippen LogP contribution in [-0.4, -0.2) is 48.3 Å². The number of rotatable bonds is 14. The fourth-order valence-corrected chi connectivity index (χ4v) is 5.68. The number of aromatic carboxylic acids is 1. The minimum Gasteiger partial charge on any atom is -0.494 e. The van der Waals surface area contributed by atoms with Gasteiger partial charge >= 0.3 is 5.97 Å². The molecule has 47 heavy (non-hydrogen) atoms. The highest BCUT2D eigenvalue weighted by Gasteiger charge is 2.22. The molecule has 1 fully saturated rings. The standard InChI is InChI=1S/C35H32BrCl2N3O6/c1-45-30-17-25(35(43)44)16-29(39-19-28-12-13-46-28)34(30)41-32(42)18-23-8-10-26(36)14-21(23)4-2-5-22-15-27(37)11-9-24(22)20-47-33-7-3-6-31(38)40-33/h2-3,5-11,14-17,28,39H,4,12-13,18-20H2,1H3,(H,41,42)(H,43,44)/b5-2+. The van der Waals surface area contributed by atoms with E-state index in [1.165, 1.54) is 19.2 Å². The number of carboxylic acid groups (broad SMARTS) is 1. The quantitative estimate of drug-likeness (QED) is 0.111. The highest BCUT2D eigenvalue weighted by atomic mass is 79.9. The predicted octanol–water partition coefficient (Wildman–Crippen LogP) is 8.07. The van der Waals surface area contributed by atoms with E-state index in [9.17, 15) is 14.7 Å². The lowest BCUT2D eigenvalue weighted by atomic mass is 10.00. The molecule has 9 nitrogen and oxygen atoms in total. The van der Waals surface area contributed by atoms with Crippen LogP contribution in [-0.2, 0) is 29.0 Å². The maximum Gasteiger partial charge on any atom is 0.335 e. The number of ether oxygens (including phenoxy) is 3. The summed E-state index contributed by atoms with van der Waals surface area (Å²) in [4.78, 5) is 29.4. The largest absolute Gasteiger partial charge is 0.494 e. The monoisotopic (exact) mass is 739 g/mol. The molecule has 1 aliphatic heterocycles. The number of hydrogen-bond donors (Lipinski definition) is 3. The van der Waals surface area contributed by atoms with Gasteiger partial charge in [-0.3, -0.25) is 4.79 Å². The Morgan fingerprint density at radius 1 is 1.09 bits per heavy atom. The molecule has 12 heteroatoms. The van der Waals surface area contributed by atoms with Crippen molar-refractivity contribution in [3.63, 3.8) is 0 Å². The lowest BCUT2D eigenvalue weighted by Gasteiger charge is -2.27. The normalized spacial score (nSPS) is 14.0. The second kappa shape index (κ2) is 16.1. The topological polar surface area (TPSA) is 119 Å². The van der Waals surface area contributed by atoms with Gasteiger partial charge in [0.2, 0.25) is 11.8 Å². The smallest absolute Gasteiger partial charge is 0.335 e. The summed E-state index contributed by atoms with van der Waals surface area (Å²) in [6.45, 7) is 1.43. The van der Waals surface area contributed by atoms with Gasteiger partial charge < -0.3 is 30.0 Å². The third kappa shape index (κ3) is 9.48. The molecule has 0 bridgehead atoms. The van der Waals surface area contributed by atoms with Gasteiger partial charge in [-0.25, -0.2) is 9.78 Å². The zero-order valence-electron chi connectivity index (χ0n) is 25.4. The molecule has 0 spiro atoms. The molecule has 1 aromatic heterocycles. The van der Waals surface area contributed by atoms with Crippen molar-refractivity contribution < 1.29 is 28.9 Å². The summed E-state index contributed by atoms with van der Waals surface area (Å²) in [6, 6.07) is 19.4. The molecule has 4 aromatic rings. The first-order valence-corrected chi connectivity index (χ1v) is 16.3. The van der Waals surface area contributed by atoms with Crippen LogP contribution in [0.5, 0.6) is 11.6 Å². The summed E-state index contributed by atoms with van der Waals surface area (Å²) < 4.78 is 17.7. The van der Waals surface area contributed by atoms with Crippen LogP contribution < -0.4 is 20.1 Å². The second-order valence-corrected chi connectivity index (χ2v) is 12.5. The molecule has 3 N–H and O–H groups in total. The Hall–Kier alpha value is -4.09. The average Bonchev–Trinajstić information content (AvgIpc) is 3.01. The van der Waals surface area contributed by atoms with Crippen molar-refractivity contribution in [3.05, 3.63) is 115 Å². The summed E-state index contributed by atoms with van der Waals surface area (Å²) in [5.41, 5.74) is 4.42. The molecule has 1 unspecified atom stereocenters. The van der Waals surface area contributed by atoms with Crippen molar-refractivity contribution in [2.45, 2.75) is 32.0 Å². The van der Waals surface area contributed by atoms with Gasteiger partial charge in [0.05, 0.1) is 30.9 Å². The van der Waals surface area contributed by atoms with E-state index in [2.05, 4.69) is 31.5 Å². The number of allylic oxidation sites excluding steroid dienone is 1. The van der Waals surface area contributed by atoms with Crippen molar-refractivity contribution in [1.29, 1.82) is 0 Å². The van der Waals surface area contributed by atoms with E-state index in [-0.39, 0.29) is 36.4 Å². The number of carbonyl (C=O) groups is 2. The van der Waals surface area contributed by atoms with Crippen molar-refractivity contribution in [2.75, 3.05) is 30.9 Å². The van der Waals surface area contributed by atoms with Gasteiger partial charge in [0, 0.05) is 28.7 Å². The minimum absolute atomic E-state index is 0.0203. The molecular formula is C35H32BrCl2N3O6. The number of nitrogens with one attached hydrogen (secondary N) is 2. The summed E-state index contributed by atoms with van der Waals surface area (Å²) in [5.74, 6) is -0.732. The highest BCUT2D eigenvalue weighted by Crippen LogP contribution is 2.35. The second-order valence-electron chi connectivity index (χ2n) is 10.7. The molecule has 0 aliphatic carbocycles. The van der Waals surface area contributed by atoms with Gasteiger partial charge in [-0.2, -0.15) is 0 Å². The van der Waals surface area contributed by atoms with Crippen LogP contribution in [0.3, 0.4) is 0 Å². The number of aromatic nitrogens is 1. The highest BCUT2D eigenvalue weighted by molar-refractivity contribution is 9.10. The number of anilines is 2. The predicted molar refractivity (Wildman–Crippen MR) is 187 cm³/mol. The Morgan fingerprint density at radius 3 is 2.62 bits per heavy atom. The number of pyridine rings is 1. The Labute approximate surface area is 291 Å². The number of methoxy groups -OCH3 is 1. The maximum atomic E-state index is 13.4. The number of benzene rings is 3. The molecule has 3 aromatic carbocycles. The molecule has 244 valence electrons. The third-order valence-corrected chi connectivity index (χ3v) is 8.41. The van der Waals surface area contributed by atoms with Crippen molar-refractivity contribution >= 4 is 68.5 Å². The van der Waals surface area contributed by atoms with E-state index in [4.69, 9.17) is 37.4 Å². The van der Waals surface area contributed by atoms with Crippen LogP contribution in [0.2, 0.25) is 10.2 Å². The fourth-order valence-electron chi connectivity index (χ4n) is 4.94. The van der Waals surface area contributed by atoms with Gasteiger partial charge in [0.1, 0.15) is 23.2 Å². The van der Waals surface area contributed by atoms with Crippen LogP contribution in [0.25, 0.3) is 6.08 Å². The van der Waals surface area contributed by atoms with Crippen molar-refractivity contribution in [3.8, 4) is 11.6 Å². The zero-order chi connectivity index (χ0) is 33.3. The molecule has 2 heterocycles. The first-order valence-electron chi connectivity index (χ1n) is 14.8. The lowest BCUT2D eigenvalue weighted by molar-refractivity contribution is -0.115. The fraction of sp³-hybridized carbons (Fsp3) is 0.229. The Kier molecular flexibility index (Phi) is 11.8. The number of carboxylic acids is 1. The molecule has 0 saturated carbocycles. The summed E-state index contributed by atoms with van der Waals surface area (Å²) in [6.07, 6.45) is 5.52. The van der Waals surface area contributed by atoms with E-state index in [0.717, 1.165) is 33.1 Å². The molecule has 1 aliphatic rings. The summed E-state index contributed by atoms with van der Waals surface area (Å²) in [7, 11) is 1.43. The van der Waals surface area contributed by atoms with Gasteiger partial charge in [-0.15, -0.1) is 0 Å². The first kappa shape index (κ1) is 34.3. The van der Waals surface area contributed by atoms with Crippen LogP contribution in [0.4, 0.5) is 11.4 Å². The van der Waals surface area contributed by atoms with Crippen molar-refractivity contribution in [2.24, 2.45) is 0 Å².